The van der Waals surface area contributed by atoms with Gasteiger partial charge >= 0.3 is 5.69 Å². The van der Waals surface area contributed by atoms with Crippen molar-refractivity contribution in [2.75, 3.05) is 0 Å². The number of benzene rings is 3. The van der Waals surface area contributed by atoms with E-state index in [2.05, 4.69) is 15.0 Å². The Hall–Kier alpha value is -4.27. The maximum Gasteiger partial charge on any atom is 0.333 e. The zero-order valence-electron chi connectivity index (χ0n) is 18.6. The average Bonchev–Trinajstić information content (AvgIpc) is 3.41. The topological polar surface area (TPSA) is 89.9 Å². The van der Waals surface area contributed by atoms with Gasteiger partial charge in [0.1, 0.15) is 12.4 Å². The third-order valence-electron chi connectivity index (χ3n) is 5.91. The summed E-state index contributed by atoms with van der Waals surface area (Å²) in [6.07, 6.45) is 3.22. The highest BCUT2D eigenvalue weighted by Gasteiger charge is 2.16. The summed E-state index contributed by atoms with van der Waals surface area (Å²) in [5.74, 6) is 0.576. The van der Waals surface area contributed by atoms with Gasteiger partial charge < -0.3 is 9.72 Å². The lowest BCUT2D eigenvalue weighted by Gasteiger charge is -2.14. The molecule has 0 aliphatic carbocycles. The average molecular weight is 513 g/mol. The first-order valence-corrected chi connectivity index (χ1v) is 12.3. The predicted molar refractivity (Wildman–Crippen MR) is 142 cm³/mol. The summed E-state index contributed by atoms with van der Waals surface area (Å²) in [7, 11) is 0. The number of fused-ring (bicyclic) bond motifs is 2. The van der Waals surface area contributed by atoms with Crippen molar-refractivity contribution >= 4 is 44.6 Å². The van der Waals surface area contributed by atoms with Crippen LogP contribution in [0, 0.1) is 0 Å². The van der Waals surface area contributed by atoms with Gasteiger partial charge in [-0.25, -0.2) is 14.3 Å². The zero-order chi connectivity index (χ0) is 24.6. The second kappa shape index (κ2) is 9.07. The molecule has 0 spiro atoms. The predicted octanol–water partition coefficient (Wildman–Crippen LogP) is 5.58. The molecular formula is C27H17ClN4O3S. The lowest BCUT2D eigenvalue weighted by atomic mass is 10.0. The summed E-state index contributed by atoms with van der Waals surface area (Å²) in [6.45, 7) is 0.297. The quantitative estimate of drug-likeness (QED) is 0.325. The van der Waals surface area contributed by atoms with Crippen molar-refractivity contribution in [2.24, 2.45) is 0 Å². The van der Waals surface area contributed by atoms with Crippen LogP contribution in [0.3, 0.4) is 0 Å². The summed E-state index contributed by atoms with van der Waals surface area (Å²) in [4.78, 5) is 37.9. The smallest absolute Gasteiger partial charge is 0.333 e. The Labute approximate surface area is 213 Å². The molecule has 3 heterocycles. The van der Waals surface area contributed by atoms with Gasteiger partial charge in [-0.15, -0.1) is 11.3 Å². The monoisotopic (exact) mass is 512 g/mol. The number of hydrogen-bond acceptors (Lipinski definition) is 6. The third kappa shape index (κ3) is 3.86. The Bertz CT molecular complexity index is 1860. The molecule has 0 radical (unpaired) electrons. The number of rotatable bonds is 5. The highest BCUT2D eigenvalue weighted by atomic mass is 35.5. The van der Waals surface area contributed by atoms with Crippen LogP contribution >= 0.6 is 22.9 Å². The van der Waals surface area contributed by atoms with E-state index in [9.17, 15) is 9.59 Å². The molecule has 9 heteroatoms. The van der Waals surface area contributed by atoms with E-state index in [4.69, 9.17) is 16.3 Å². The fourth-order valence-corrected chi connectivity index (χ4v) is 5.05. The van der Waals surface area contributed by atoms with Gasteiger partial charge in [0, 0.05) is 27.9 Å². The van der Waals surface area contributed by atoms with Crippen molar-refractivity contribution in [3.63, 3.8) is 0 Å². The molecule has 6 rings (SSSR count). The Morgan fingerprint density at radius 1 is 1.00 bits per heavy atom. The summed E-state index contributed by atoms with van der Waals surface area (Å²) < 4.78 is 7.13. The van der Waals surface area contributed by atoms with Crippen molar-refractivity contribution in [2.45, 2.75) is 6.61 Å². The minimum atomic E-state index is -0.554. The second-order valence-corrected chi connectivity index (χ2v) is 9.22. The molecule has 176 valence electrons. The van der Waals surface area contributed by atoms with E-state index in [1.165, 1.54) is 17.5 Å². The molecule has 0 bridgehead atoms. The number of nitrogens with one attached hydrogen (secondary N) is 1. The van der Waals surface area contributed by atoms with Crippen molar-refractivity contribution < 1.29 is 4.74 Å². The number of ether oxygens (including phenoxy) is 1. The molecule has 3 aromatic carbocycles. The van der Waals surface area contributed by atoms with E-state index < -0.39 is 11.2 Å². The molecule has 7 nitrogen and oxygen atoms in total. The Balaban J connectivity index is 1.48. The van der Waals surface area contributed by atoms with Crippen molar-refractivity contribution in [1.29, 1.82) is 0 Å². The Morgan fingerprint density at radius 3 is 2.75 bits per heavy atom. The van der Waals surface area contributed by atoms with Gasteiger partial charge in [0.2, 0.25) is 0 Å². The number of nitrogens with zero attached hydrogens (tertiary/aromatic N) is 3. The van der Waals surface area contributed by atoms with Gasteiger partial charge in [-0.05, 0) is 29.8 Å². The van der Waals surface area contributed by atoms with Crippen molar-refractivity contribution in [1.82, 2.24) is 19.5 Å². The highest BCUT2D eigenvalue weighted by Crippen LogP contribution is 2.37. The largest absolute Gasteiger partial charge is 0.487 e. The summed E-state index contributed by atoms with van der Waals surface area (Å²) >= 11 is 8.06. The van der Waals surface area contributed by atoms with Gasteiger partial charge in [0.15, 0.2) is 0 Å². The second-order valence-electron chi connectivity index (χ2n) is 8.09. The fraction of sp³-hybridized carbons (Fsp3) is 0.0370. The summed E-state index contributed by atoms with van der Waals surface area (Å²) in [5.41, 5.74) is 3.78. The minimum absolute atomic E-state index is 0.297. The van der Waals surface area contributed by atoms with Crippen molar-refractivity contribution in [3.8, 4) is 22.6 Å². The molecule has 0 atom stereocenters. The number of halogens is 1. The van der Waals surface area contributed by atoms with Crippen LogP contribution in [-0.2, 0) is 6.61 Å². The van der Waals surface area contributed by atoms with E-state index in [0.29, 0.717) is 45.1 Å². The first-order valence-electron chi connectivity index (χ1n) is 11.0. The van der Waals surface area contributed by atoms with Crippen LogP contribution in [0.25, 0.3) is 38.5 Å². The minimum Gasteiger partial charge on any atom is -0.487 e. The van der Waals surface area contributed by atoms with Crippen LogP contribution in [0.15, 0.2) is 93.5 Å². The van der Waals surface area contributed by atoms with Gasteiger partial charge in [0.25, 0.3) is 5.56 Å². The number of aromatic nitrogens is 4. The number of aromatic amines is 1. The summed E-state index contributed by atoms with van der Waals surface area (Å²) in [5, 5.41) is 4.36. The number of pyridine rings is 1. The first-order chi connectivity index (χ1) is 17.6. The van der Waals surface area contributed by atoms with Gasteiger partial charge in [-0.2, -0.15) is 0 Å². The van der Waals surface area contributed by atoms with Crippen molar-refractivity contribution in [3.05, 3.63) is 116 Å². The van der Waals surface area contributed by atoms with Crippen LogP contribution in [0.5, 0.6) is 5.75 Å². The van der Waals surface area contributed by atoms with Crippen LogP contribution < -0.4 is 16.0 Å². The molecule has 3 aromatic heterocycles. The number of hydrogen-bond donors (Lipinski definition) is 1. The van der Waals surface area contributed by atoms with Gasteiger partial charge in [0.05, 0.1) is 39.0 Å². The molecule has 36 heavy (non-hydrogen) atoms. The fourth-order valence-electron chi connectivity index (χ4n) is 4.24. The zero-order valence-corrected chi connectivity index (χ0v) is 20.2. The van der Waals surface area contributed by atoms with Crippen LogP contribution in [0.2, 0.25) is 5.02 Å². The first kappa shape index (κ1) is 22.2. The third-order valence-corrected chi connectivity index (χ3v) is 6.86. The number of H-pyrrole nitrogens is 1. The van der Waals surface area contributed by atoms with Gasteiger partial charge in [-0.3, -0.25) is 9.78 Å². The Morgan fingerprint density at radius 2 is 1.89 bits per heavy atom. The molecule has 0 unspecified atom stereocenters. The van der Waals surface area contributed by atoms with E-state index in [0.717, 1.165) is 21.0 Å². The standard InChI is InChI=1S/C27H17ClN4O3S/c28-21-6-3-7-24(35-13-18-14-36-15-30-18)25(21)16-8-9-20-22(10-16)31-27(34)32(26(20)33)23-12-29-11-17-4-1-2-5-19(17)23/h1-12,14-15H,13H2,(H,31,34). The highest BCUT2D eigenvalue weighted by molar-refractivity contribution is 7.07. The van der Waals surface area contributed by atoms with E-state index in [1.54, 1.807) is 36.0 Å². The van der Waals surface area contributed by atoms with E-state index >= 15 is 0 Å². The maximum absolute atomic E-state index is 13.5. The maximum atomic E-state index is 13.5. The molecule has 1 N–H and O–H groups in total. The Kier molecular flexibility index (Phi) is 5.59. The van der Waals surface area contributed by atoms with Crippen LogP contribution in [0.1, 0.15) is 5.69 Å². The molecule has 6 aromatic rings. The van der Waals surface area contributed by atoms with E-state index in [-0.39, 0.29) is 0 Å². The van der Waals surface area contributed by atoms with Crippen LogP contribution in [-0.4, -0.2) is 19.5 Å². The van der Waals surface area contributed by atoms with Gasteiger partial charge in [-0.1, -0.05) is 48.0 Å². The summed E-state index contributed by atoms with van der Waals surface area (Å²) in [6, 6.07) is 18.1. The molecule has 0 saturated carbocycles. The normalized spacial score (nSPS) is 11.2. The molecule has 0 saturated heterocycles. The number of thiazole rings is 1. The molecule has 0 fully saturated rings. The lowest BCUT2D eigenvalue weighted by Crippen LogP contribution is -2.33. The van der Waals surface area contributed by atoms with E-state index in [1.807, 2.05) is 41.8 Å². The van der Waals surface area contributed by atoms with Crippen LogP contribution in [0.4, 0.5) is 0 Å². The SMILES string of the molecule is O=c1[nH]c2cc(-c3c(Cl)cccc3OCc3cscn3)ccc2c(=O)n1-c1cncc2ccccc12. The molecular weight excluding hydrogens is 496 g/mol. The molecule has 0 amide bonds. The molecule has 0 aliphatic heterocycles. The lowest BCUT2D eigenvalue weighted by molar-refractivity contribution is 0.303. The molecule has 0 aliphatic rings.